The first-order valence-corrected chi connectivity index (χ1v) is 9.24. The largest absolute Gasteiger partial charge is 0.459 e. The van der Waals surface area contributed by atoms with Crippen LogP contribution < -0.4 is 5.32 Å². The molecule has 1 aliphatic rings. The van der Waals surface area contributed by atoms with E-state index in [2.05, 4.69) is 18.3 Å². The molecule has 21 heavy (non-hydrogen) atoms. The van der Waals surface area contributed by atoms with E-state index in [1.54, 1.807) is 0 Å². The van der Waals surface area contributed by atoms with Crippen LogP contribution in [0, 0.1) is 12.8 Å². The van der Waals surface area contributed by atoms with E-state index in [0.29, 0.717) is 12.2 Å². The SMILES string of the molecule is CCNC(c1cc2cc(C)ccc2o1)C1CCS(=O)(=O)C1. The summed E-state index contributed by atoms with van der Waals surface area (Å²) in [6.45, 7) is 4.87. The smallest absolute Gasteiger partial charge is 0.150 e. The number of benzene rings is 1. The predicted molar refractivity (Wildman–Crippen MR) is 84.1 cm³/mol. The van der Waals surface area contributed by atoms with Crippen LogP contribution in [0.15, 0.2) is 28.7 Å². The van der Waals surface area contributed by atoms with E-state index >= 15 is 0 Å². The van der Waals surface area contributed by atoms with Crippen LogP contribution >= 0.6 is 0 Å². The first kappa shape index (κ1) is 14.6. The van der Waals surface area contributed by atoms with Gasteiger partial charge in [0.2, 0.25) is 0 Å². The lowest BCUT2D eigenvalue weighted by molar-refractivity contribution is 0.343. The fraction of sp³-hybridized carbons (Fsp3) is 0.500. The van der Waals surface area contributed by atoms with E-state index in [4.69, 9.17) is 4.42 Å². The Morgan fingerprint density at radius 1 is 1.38 bits per heavy atom. The molecule has 5 heteroatoms. The Bertz CT molecular complexity index is 748. The first-order chi connectivity index (χ1) is 9.98. The standard InChI is InChI=1S/C16H21NO3S/c1-3-17-16(12-6-7-21(18,19)10-12)15-9-13-8-11(2)4-5-14(13)20-15/h4-5,8-9,12,16-17H,3,6-7,10H2,1-2H3. The zero-order valence-electron chi connectivity index (χ0n) is 12.4. The van der Waals surface area contributed by atoms with Gasteiger partial charge in [-0.3, -0.25) is 0 Å². The minimum Gasteiger partial charge on any atom is -0.459 e. The maximum atomic E-state index is 11.7. The molecule has 0 radical (unpaired) electrons. The van der Waals surface area contributed by atoms with Gasteiger partial charge in [0.1, 0.15) is 11.3 Å². The zero-order valence-corrected chi connectivity index (χ0v) is 13.2. The van der Waals surface area contributed by atoms with Crippen molar-refractivity contribution in [2.75, 3.05) is 18.1 Å². The van der Waals surface area contributed by atoms with Gasteiger partial charge >= 0.3 is 0 Å². The molecule has 1 fully saturated rings. The predicted octanol–water partition coefficient (Wildman–Crippen LogP) is 2.83. The normalized spacial score (nSPS) is 22.7. The molecule has 1 N–H and O–H groups in total. The second kappa shape index (κ2) is 5.46. The highest BCUT2D eigenvalue weighted by atomic mass is 32.2. The van der Waals surface area contributed by atoms with Crippen LogP contribution in [-0.4, -0.2) is 26.5 Å². The average Bonchev–Trinajstić information content (AvgIpc) is 2.98. The van der Waals surface area contributed by atoms with E-state index in [1.807, 2.05) is 25.1 Å². The highest BCUT2D eigenvalue weighted by molar-refractivity contribution is 7.91. The summed E-state index contributed by atoms with van der Waals surface area (Å²) in [5.41, 5.74) is 2.05. The minimum absolute atomic E-state index is 0.0278. The third-order valence-corrected chi connectivity index (χ3v) is 5.95. The van der Waals surface area contributed by atoms with Gasteiger partial charge in [0.15, 0.2) is 9.84 Å². The van der Waals surface area contributed by atoms with Crippen molar-refractivity contribution in [1.82, 2.24) is 5.32 Å². The van der Waals surface area contributed by atoms with Gasteiger partial charge < -0.3 is 9.73 Å². The van der Waals surface area contributed by atoms with E-state index < -0.39 is 9.84 Å². The molecule has 4 nitrogen and oxygen atoms in total. The van der Waals surface area contributed by atoms with Gasteiger partial charge in [-0.2, -0.15) is 0 Å². The number of nitrogens with one attached hydrogen (secondary N) is 1. The fourth-order valence-corrected chi connectivity index (χ4v) is 4.98. The summed E-state index contributed by atoms with van der Waals surface area (Å²) in [5, 5.41) is 4.47. The van der Waals surface area contributed by atoms with Crippen molar-refractivity contribution in [3.05, 3.63) is 35.6 Å². The molecule has 2 heterocycles. The van der Waals surface area contributed by atoms with Crippen molar-refractivity contribution in [1.29, 1.82) is 0 Å². The van der Waals surface area contributed by atoms with Gasteiger partial charge in [-0.05, 0) is 44.0 Å². The van der Waals surface area contributed by atoms with Gasteiger partial charge in [-0.15, -0.1) is 0 Å². The number of furan rings is 1. The fourth-order valence-electron chi connectivity index (χ4n) is 3.14. The molecule has 0 saturated carbocycles. The molecule has 1 aromatic heterocycles. The van der Waals surface area contributed by atoms with E-state index in [9.17, 15) is 8.42 Å². The zero-order chi connectivity index (χ0) is 15.0. The Balaban J connectivity index is 1.95. The molecule has 1 saturated heterocycles. The topological polar surface area (TPSA) is 59.3 Å². The lowest BCUT2D eigenvalue weighted by Crippen LogP contribution is -2.28. The Hall–Kier alpha value is -1.33. The van der Waals surface area contributed by atoms with Crippen LogP contribution in [0.5, 0.6) is 0 Å². The lowest BCUT2D eigenvalue weighted by atomic mass is 9.97. The summed E-state index contributed by atoms with van der Waals surface area (Å²) in [6, 6.07) is 8.11. The van der Waals surface area contributed by atoms with Crippen LogP contribution in [0.4, 0.5) is 0 Å². The quantitative estimate of drug-likeness (QED) is 0.943. The highest BCUT2D eigenvalue weighted by Crippen LogP contribution is 2.34. The van der Waals surface area contributed by atoms with Gasteiger partial charge in [-0.1, -0.05) is 18.6 Å². The molecule has 3 rings (SSSR count). The Morgan fingerprint density at radius 2 is 2.19 bits per heavy atom. The maximum absolute atomic E-state index is 11.7. The van der Waals surface area contributed by atoms with Crippen LogP contribution in [0.3, 0.4) is 0 Å². The van der Waals surface area contributed by atoms with E-state index in [0.717, 1.165) is 23.3 Å². The number of hydrogen-bond acceptors (Lipinski definition) is 4. The second-order valence-corrected chi connectivity index (χ2v) is 8.12. The lowest BCUT2D eigenvalue weighted by Gasteiger charge is -2.21. The molecular formula is C16H21NO3S. The molecule has 114 valence electrons. The average molecular weight is 307 g/mol. The molecule has 1 aliphatic heterocycles. The van der Waals surface area contributed by atoms with Crippen LogP contribution in [-0.2, 0) is 9.84 Å². The van der Waals surface area contributed by atoms with E-state index in [-0.39, 0.29) is 17.7 Å². The number of rotatable bonds is 4. The van der Waals surface area contributed by atoms with Crippen molar-refractivity contribution < 1.29 is 12.8 Å². The van der Waals surface area contributed by atoms with Crippen LogP contribution in [0.2, 0.25) is 0 Å². The van der Waals surface area contributed by atoms with Crippen molar-refractivity contribution in [3.8, 4) is 0 Å². The molecule has 0 amide bonds. The molecule has 0 bridgehead atoms. The summed E-state index contributed by atoms with van der Waals surface area (Å²) in [5.74, 6) is 1.48. The summed E-state index contributed by atoms with van der Waals surface area (Å²) in [6.07, 6.45) is 0.704. The summed E-state index contributed by atoms with van der Waals surface area (Å²) < 4.78 is 29.4. The molecule has 2 aromatic rings. The third-order valence-electron chi connectivity index (χ3n) is 4.16. The van der Waals surface area contributed by atoms with Crippen molar-refractivity contribution >= 4 is 20.8 Å². The van der Waals surface area contributed by atoms with Gasteiger partial charge in [-0.25, -0.2) is 8.42 Å². The number of fused-ring (bicyclic) bond motifs is 1. The van der Waals surface area contributed by atoms with Gasteiger partial charge in [0.25, 0.3) is 0 Å². The Morgan fingerprint density at radius 3 is 2.86 bits per heavy atom. The molecule has 0 spiro atoms. The molecular weight excluding hydrogens is 286 g/mol. The summed E-state index contributed by atoms with van der Waals surface area (Å²) in [7, 11) is -2.89. The van der Waals surface area contributed by atoms with Gasteiger partial charge in [0, 0.05) is 5.39 Å². The van der Waals surface area contributed by atoms with Crippen LogP contribution in [0.25, 0.3) is 11.0 Å². The number of hydrogen-bond donors (Lipinski definition) is 1. The Labute approximate surface area is 125 Å². The molecule has 0 aliphatic carbocycles. The Kier molecular flexibility index (Phi) is 3.80. The minimum atomic E-state index is -2.89. The third kappa shape index (κ3) is 2.99. The molecule has 1 aromatic carbocycles. The summed E-state index contributed by atoms with van der Waals surface area (Å²) >= 11 is 0. The van der Waals surface area contributed by atoms with Crippen LogP contribution in [0.1, 0.15) is 30.7 Å². The first-order valence-electron chi connectivity index (χ1n) is 7.42. The second-order valence-electron chi connectivity index (χ2n) is 5.89. The highest BCUT2D eigenvalue weighted by Gasteiger charge is 2.35. The molecule has 2 unspecified atom stereocenters. The van der Waals surface area contributed by atoms with Crippen molar-refractivity contribution in [2.45, 2.75) is 26.3 Å². The van der Waals surface area contributed by atoms with Crippen molar-refractivity contribution in [3.63, 3.8) is 0 Å². The van der Waals surface area contributed by atoms with Crippen molar-refractivity contribution in [2.24, 2.45) is 5.92 Å². The van der Waals surface area contributed by atoms with Gasteiger partial charge in [0.05, 0.1) is 17.5 Å². The summed E-state index contributed by atoms with van der Waals surface area (Å²) in [4.78, 5) is 0. The number of aryl methyl sites for hydroxylation is 1. The number of sulfone groups is 1. The monoisotopic (exact) mass is 307 g/mol. The van der Waals surface area contributed by atoms with E-state index in [1.165, 1.54) is 5.56 Å². The maximum Gasteiger partial charge on any atom is 0.150 e. The molecule has 2 atom stereocenters.